The zero-order valence-electron chi connectivity index (χ0n) is 23.5. The van der Waals surface area contributed by atoms with E-state index in [4.69, 9.17) is 4.74 Å². The van der Waals surface area contributed by atoms with Gasteiger partial charge >= 0.3 is 18.0 Å². The Balaban J connectivity index is 2.08. The summed E-state index contributed by atoms with van der Waals surface area (Å²) in [7, 11) is 2.18. The minimum absolute atomic E-state index is 0.0235. The summed E-state index contributed by atoms with van der Waals surface area (Å²) in [4.78, 5) is 82.4. The fourth-order valence-corrected chi connectivity index (χ4v) is 4.46. The molecule has 0 aliphatic carbocycles. The van der Waals surface area contributed by atoms with Crippen LogP contribution in [0.15, 0.2) is 53.4 Å². The number of hydrogen-bond acceptors (Lipinski definition) is 13. The Kier molecular flexibility index (Phi) is 14.0. The minimum atomic E-state index is -1.35. The monoisotopic (exact) mass is 635 g/mol. The largest absolute Gasteiger partial charge is 0.468 e. The molecule has 0 radical (unpaired) electrons. The van der Waals surface area contributed by atoms with Crippen LogP contribution >= 0.6 is 11.8 Å². The van der Waals surface area contributed by atoms with E-state index >= 15 is 0 Å². The fraction of sp³-hybridized carbons (Fsp3) is 0.346. The van der Waals surface area contributed by atoms with Crippen LogP contribution in [0.1, 0.15) is 18.4 Å². The third-order valence-electron chi connectivity index (χ3n) is 5.69. The molecule has 0 heterocycles. The van der Waals surface area contributed by atoms with Crippen LogP contribution in [0, 0.1) is 20.2 Å². The van der Waals surface area contributed by atoms with E-state index in [-0.39, 0.29) is 30.1 Å². The molecule has 17 nitrogen and oxygen atoms in total. The van der Waals surface area contributed by atoms with Gasteiger partial charge in [-0.05, 0) is 18.1 Å². The molecule has 3 N–H and O–H groups in total. The highest BCUT2D eigenvalue weighted by atomic mass is 32.2. The van der Waals surface area contributed by atoms with Gasteiger partial charge in [-0.25, -0.2) is 9.59 Å². The highest BCUT2D eigenvalue weighted by Crippen LogP contribution is 2.32. The lowest BCUT2D eigenvalue weighted by Gasteiger charge is -2.19. The van der Waals surface area contributed by atoms with Gasteiger partial charge in [0.25, 0.3) is 11.4 Å². The number of esters is 2. The maximum absolute atomic E-state index is 12.8. The molecule has 2 rings (SSSR count). The number of nitrogens with zero attached hydrogens (tertiary/aromatic N) is 2. The molecule has 0 saturated carbocycles. The number of carbonyl (C=O) groups excluding carboxylic acids is 5. The molecular formula is C26H29N5O12S. The summed E-state index contributed by atoms with van der Waals surface area (Å²) < 4.78 is 14.3. The molecule has 2 aromatic rings. The first-order valence-electron chi connectivity index (χ1n) is 12.7. The number of carbonyl (C=O) groups is 5. The number of amides is 3. The van der Waals surface area contributed by atoms with Crippen LogP contribution in [0.25, 0.3) is 0 Å². The summed E-state index contributed by atoms with van der Waals surface area (Å²) in [6, 6.07) is 9.05. The molecule has 0 spiro atoms. The van der Waals surface area contributed by atoms with Crippen molar-refractivity contribution in [1.29, 1.82) is 0 Å². The highest BCUT2D eigenvalue weighted by Gasteiger charge is 2.27. The zero-order chi connectivity index (χ0) is 32.6. The van der Waals surface area contributed by atoms with Gasteiger partial charge in [-0.3, -0.25) is 34.6 Å². The molecule has 0 fully saturated rings. The van der Waals surface area contributed by atoms with Crippen LogP contribution in [0.2, 0.25) is 0 Å². The number of nitro benzene ring substituents is 2. The van der Waals surface area contributed by atoms with Gasteiger partial charge in [0, 0.05) is 18.2 Å². The summed E-state index contributed by atoms with van der Waals surface area (Å²) in [5, 5.41) is 29.5. The van der Waals surface area contributed by atoms with Gasteiger partial charge in [0.15, 0.2) is 0 Å². The quantitative estimate of drug-likeness (QED) is 0.0782. The Morgan fingerprint density at radius 3 is 2.23 bits per heavy atom. The smallest absolute Gasteiger partial charge is 0.408 e. The van der Waals surface area contributed by atoms with Gasteiger partial charge in [-0.1, -0.05) is 30.3 Å². The number of rotatable bonds is 16. The molecule has 0 bridgehead atoms. The molecule has 0 aliphatic heterocycles. The van der Waals surface area contributed by atoms with Crippen molar-refractivity contribution in [2.75, 3.05) is 26.5 Å². The maximum atomic E-state index is 12.8. The normalized spacial score (nSPS) is 11.7. The first-order valence-corrected chi connectivity index (χ1v) is 13.7. The van der Waals surface area contributed by atoms with E-state index in [0.29, 0.717) is 5.56 Å². The second-order valence-electron chi connectivity index (χ2n) is 8.71. The minimum Gasteiger partial charge on any atom is -0.468 e. The van der Waals surface area contributed by atoms with E-state index in [1.165, 1.54) is 0 Å². The summed E-state index contributed by atoms with van der Waals surface area (Å²) in [6.45, 7) is -0.614. The molecule has 0 aromatic heterocycles. The van der Waals surface area contributed by atoms with Gasteiger partial charge in [-0.15, -0.1) is 11.8 Å². The summed E-state index contributed by atoms with van der Waals surface area (Å²) in [5.41, 5.74) is -0.403. The van der Waals surface area contributed by atoms with Crippen molar-refractivity contribution in [2.45, 2.75) is 36.4 Å². The van der Waals surface area contributed by atoms with Gasteiger partial charge in [0.1, 0.15) is 25.2 Å². The molecule has 18 heteroatoms. The Morgan fingerprint density at radius 2 is 1.61 bits per heavy atom. The third kappa shape index (κ3) is 11.6. The van der Waals surface area contributed by atoms with Crippen LogP contribution in [0.4, 0.5) is 16.2 Å². The molecule has 0 unspecified atom stereocenters. The van der Waals surface area contributed by atoms with Crippen LogP contribution in [0.3, 0.4) is 0 Å². The average Bonchev–Trinajstić information content (AvgIpc) is 3.02. The first-order chi connectivity index (χ1) is 20.9. The van der Waals surface area contributed by atoms with Crippen molar-refractivity contribution in [3.05, 3.63) is 74.3 Å². The topological polar surface area (TPSA) is 235 Å². The number of nitro groups is 2. The van der Waals surface area contributed by atoms with Crippen LogP contribution in [0.5, 0.6) is 0 Å². The third-order valence-corrected chi connectivity index (χ3v) is 6.85. The number of hydrogen-bond donors (Lipinski definition) is 3. The molecule has 0 saturated heterocycles. The second-order valence-corrected chi connectivity index (χ2v) is 9.77. The lowest BCUT2D eigenvalue weighted by Crippen LogP contribution is -2.50. The summed E-state index contributed by atoms with van der Waals surface area (Å²) in [5.74, 6) is -3.53. The van der Waals surface area contributed by atoms with Crippen molar-refractivity contribution >= 4 is 53.0 Å². The lowest BCUT2D eigenvalue weighted by atomic mass is 10.1. The van der Waals surface area contributed by atoms with Crippen molar-refractivity contribution in [3.63, 3.8) is 0 Å². The zero-order valence-corrected chi connectivity index (χ0v) is 24.3. The Morgan fingerprint density at radius 1 is 0.909 bits per heavy atom. The highest BCUT2D eigenvalue weighted by molar-refractivity contribution is 7.99. The molecular weight excluding hydrogens is 606 g/mol. The van der Waals surface area contributed by atoms with Crippen LogP contribution < -0.4 is 16.0 Å². The number of ether oxygens (including phenoxy) is 3. The molecule has 2 atom stereocenters. The lowest BCUT2D eigenvalue weighted by molar-refractivity contribution is -0.396. The van der Waals surface area contributed by atoms with Crippen molar-refractivity contribution in [2.24, 2.45) is 0 Å². The molecule has 44 heavy (non-hydrogen) atoms. The predicted octanol–water partition coefficient (Wildman–Crippen LogP) is 1.62. The van der Waals surface area contributed by atoms with E-state index < -0.39 is 69.7 Å². The van der Waals surface area contributed by atoms with Crippen LogP contribution in [-0.4, -0.2) is 78.3 Å². The Labute approximate surface area is 254 Å². The molecule has 2 aromatic carbocycles. The van der Waals surface area contributed by atoms with Crippen molar-refractivity contribution in [1.82, 2.24) is 16.0 Å². The van der Waals surface area contributed by atoms with E-state index in [9.17, 15) is 44.2 Å². The van der Waals surface area contributed by atoms with Gasteiger partial charge in [0.05, 0.1) is 35.0 Å². The van der Waals surface area contributed by atoms with Crippen molar-refractivity contribution < 1.29 is 48.0 Å². The predicted molar refractivity (Wildman–Crippen MR) is 152 cm³/mol. The number of methoxy groups -OCH3 is 2. The first kappa shape index (κ1) is 34.9. The van der Waals surface area contributed by atoms with Gasteiger partial charge in [-0.2, -0.15) is 0 Å². The Bertz CT molecular complexity index is 1370. The fourth-order valence-electron chi connectivity index (χ4n) is 3.43. The number of benzene rings is 2. The summed E-state index contributed by atoms with van der Waals surface area (Å²) >= 11 is 0.756. The molecule has 0 aliphatic rings. The number of alkyl carbamates (subject to hydrolysis) is 1. The van der Waals surface area contributed by atoms with E-state index in [2.05, 4.69) is 25.4 Å². The van der Waals surface area contributed by atoms with Crippen LogP contribution in [-0.2, 0) is 40.0 Å². The number of nitrogens with one attached hydrogen (secondary N) is 3. The maximum Gasteiger partial charge on any atom is 0.408 e. The van der Waals surface area contributed by atoms with E-state index in [1.807, 2.05) is 0 Å². The standard InChI is InChI=1S/C26H29N5O12S/c1-41-23(33)13-27-24(34)19(15-44-21-10-8-17(30(37)38)12-20(21)31(39)40)28-22(32)11-9-18(25(35)42-2)29-26(36)43-14-16-6-4-3-5-7-16/h3-8,10,12,18-19H,9,11,13-15H2,1-2H3,(H,27,34)(H,28,32)(H,29,36)/t18-,19-/m0/s1. The number of non-ortho nitro benzene ring substituents is 1. The average molecular weight is 636 g/mol. The van der Waals surface area contributed by atoms with E-state index in [0.717, 1.165) is 44.2 Å². The van der Waals surface area contributed by atoms with Gasteiger partial charge < -0.3 is 30.2 Å². The van der Waals surface area contributed by atoms with Crippen molar-refractivity contribution in [3.8, 4) is 0 Å². The summed E-state index contributed by atoms with van der Waals surface area (Å²) in [6.07, 6.45) is -1.58. The second kappa shape index (κ2) is 17.6. The van der Waals surface area contributed by atoms with Gasteiger partial charge in [0.2, 0.25) is 11.8 Å². The molecule has 236 valence electrons. The van der Waals surface area contributed by atoms with E-state index in [1.54, 1.807) is 30.3 Å². The molecule has 3 amide bonds. The number of thioether (sulfide) groups is 1. The SMILES string of the molecule is COC(=O)CNC(=O)[C@H](CSc1ccc([N+](=O)[O-])cc1[N+](=O)[O-])NC(=O)CC[C@H](NC(=O)OCc1ccccc1)C(=O)OC. The Hall–Kier alpha value is -5.26.